The summed E-state index contributed by atoms with van der Waals surface area (Å²) in [4.78, 5) is 30.1. The van der Waals surface area contributed by atoms with Crippen LogP contribution >= 0.6 is 11.6 Å². The van der Waals surface area contributed by atoms with Crippen LogP contribution in [0.3, 0.4) is 0 Å². The maximum Gasteiger partial charge on any atom is 0.325 e. The van der Waals surface area contributed by atoms with Gasteiger partial charge in [-0.25, -0.2) is 4.79 Å². The van der Waals surface area contributed by atoms with Gasteiger partial charge in [0.05, 0.1) is 12.2 Å². The molecule has 3 rings (SSSR count). The lowest BCUT2D eigenvalue weighted by Gasteiger charge is -2.20. The first kappa shape index (κ1) is 16.3. The van der Waals surface area contributed by atoms with Gasteiger partial charge >= 0.3 is 6.03 Å². The van der Waals surface area contributed by atoms with Gasteiger partial charge in [-0.3, -0.25) is 14.7 Å². The molecule has 0 saturated carbocycles. The molecule has 1 saturated heterocycles. The van der Waals surface area contributed by atoms with Gasteiger partial charge in [-0.15, -0.1) is 0 Å². The Labute approximate surface area is 144 Å². The molecule has 1 aromatic carbocycles. The zero-order valence-electron chi connectivity index (χ0n) is 13.0. The number of rotatable bonds is 5. The van der Waals surface area contributed by atoms with Crippen molar-refractivity contribution in [2.75, 3.05) is 13.2 Å². The van der Waals surface area contributed by atoms with E-state index in [4.69, 9.17) is 16.3 Å². The molecule has 1 unspecified atom stereocenters. The van der Waals surface area contributed by atoms with Crippen molar-refractivity contribution in [3.05, 3.63) is 59.4 Å². The van der Waals surface area contributed by atoms with Gasteiger partial charge in [-0.2, -0.15) is 0 Å². The molecule has 6 nitrogen and oxygen atoms in total. The largest absolute Gasteiger partial charge is 0.492 e. The van der Waals surface area contributed by atoms with Crippen LogP contribution in [-0.2, 0) is 10.3 Å². The van der Waals surface area contributed by atoms with Gasteiger partial charge in [0, 0.05) is 11.2 Å². The van der Waals surface area contributed by atoms with E-state index in [1.54, 1.807) is 55.6 Å². The fourth-order valence-electron chi connectivity index (χ4n) is 2.54. The molecule has 24 heavy (non-hydrogen) atoms. The summed E-state index contributed by atoms with van der Waals surface area (Å²) < 4.78 is 5.55. The van der Waals surface area contributed by atoms with Gasteiger partial charge in [0.25, 0.3) is 5.91 Å². The Morgan fingerprint density at radius 3 is 2.79 bits per heavy atom. The van der Waals surface area contributed by atoms with Crippen molar-refractivity contribution in [3.8, 4) is 5.75 Å². The highest BCUT2D eigenvalue weighted by Gasteiger charge is 2.49. The Balaban J connectivity index is 1.67. The molecule has 1 aliphatic heterocycles. The maximum atomic E-state index is 12.7. The summed E-state index contributed by atoms with van der Waals surface area (Å²) in [7, 11) is 0. The number of carbonyl (C=O) groups excluding carboxylic acids is 2. The molecule has 1 fully saturated rings. The molecular weight excluding hydrogens is 330 g/mol. The molecule has 3 amide bonds. The van der Waals surface area contributed by atoms with Crippen molar-refractivity contribution in [2.45, 2.75) is 12.5 Å². The normalized spacial score (nSPS) is 20.2. The lowest BCUT2D eigenvalue weighted by atomic mass is 9.97. The Morgan fingerprint density at radius 1 is 1.25 bits per heavy atom. The minimum Gasteiger partial charge on any atom is -0.492 e. The van der Waals surface area contributed by atoms with Crippen LogP contribution in [0.25, 0.3) is 0 Å². The highest BCUT2D eigenvalue weighted by atomic mass is 35.5. The van der Waals surface area contributed by atoms with Crippen LogP contribution in [0.1, 0.15) is 12.6 Å². The van der Waals surface area contributed by atoms with E-state index in [9.17, 15) is 9.59 Å². The second-order valence-electron chi connectivity index (χ2n) is 5.53. The first-order valence-electron chi connectivity index (χ1n) is 7.45. The van der Waals surface area contributed by atoms with E-state index in [2.05, 4.69) is 10.3 Å². The lowest BCUT2D eigenvalue weighted by Crippen LogP contribution is -2.42. The number of carbonyl (C=O) groups is 2. The third-order valence-corrected chi connectivity index (χ3v) is 4.07. The van der Waals surface area contributed by atoms with Crippen LogP contribution in [0.5, 0.6) is 5.75 Å². The fourth-order valence-corrected chi connectivity index (χ4v) is 2.72. The van der Waals surface area contributed by atoms with Crippen molar-refractivity contribution in [3.63, 3.8) is 0 Å². The standard InChI is InChI=1S/C17H16ClN3O3/c1-17(14-7-2-3-8-19-14)15(22)21(16(23)20-17)9-10-24-13-6-4-5-12(18)11-13/h2-8,11H,9-10H2,1H3,(H,20,23). The first-order chi connectivity index (χ1) is 11.5. The lowest BCUT2D eigenvalue weighted by molar-refractivity contribution is -0.131. The number of hydrogen-bond acceptors (Lipinski definition) is 4. The average Bonchev–Trinajstić information content (AvgIpc) is 2.80. The first-order valence-corrected chi connectivity index (χ1v) is 7.82. The number of halogens is 1. The topological polar surface area (TPSA) is 71.5 Å². The number of nitrogens with one attached hydrogen (secondary N) is 1. The predicted molar refractivity (Wildman–Crippen MR) is 88.8 cm³/mol. The van der Waals surface area contributed by atoms with Crippen LogP contribution in [0, 0.1) is 0 Å². The smallest absolute Gasteiger partial charge is 0.325 e. The summed E-state index contributed by atoms with van der Waals surface area (Å²) in [5.41, 5.74) is -0.657. The van der Waals surface area contributed by atoms with Crippen molar-refractivity contribution in [1.82, 2.24) is 15.2 Å². The second kappa shape index (κ2) is 6.49. The summed E-state index contributed by atoms with van der Waals surface area (Å²) >= 11 is 5.89. The zero-order chi connectivity index (χ0) is 17.2. The fraction of sp³-hybridized carbons (Fsp3) is 0.235. The molecule has 0 spiro atoms. The molecule has 0 radical (unpaired) electrons. The van der Waals surface area contributed by atoms with E-state index in [1.807, 2.05) is 0 Å². The Morgan fingerprint density at radius 2 is 2.08 bits per heavy atom. The SMILES string of the molecule is CC1(c2ccccn2)NC(=O)N(CCOc2cccc(Cl)c2)C1=O. The molecule has 1 aromatic heterocycles. The monoisotopic (exact) mass is 345 g/mol. The number of hydrogen-bond donors (Lipinski definition) is 1. The highest BCUT2D eigenvalue weighted by Crippen LogP contribution is 2.27. The molecule has 2 heterocycles. The number of imide groups is 1. The third-order valence-electron chi connectivity index (χ3n) is 3.83. The van der Waals surface area contributed by atoms with Crippen LogP contribution in [-0.4, -0.2) is 35.0 Å². The number of amides is 3. The van der Waals surface area contributed by atoms with Gasteiger partial charge in [-0.05, 0) is 37.3 Å². The van der Waals surface area contributed by atoms with E-state index in [0.29, 0.717) is 16.5 Å². The number of aromatic nitrogens is 1. The van der Waals surface area contributed by atoms with Crippen LogP contribution in [0.2, 0.25) is 5.02 Å². The van der Waals surface area contributed by atoms with Crippen molar-refractivity contribution >= 4 is 23.5 Å². The van der Waals surface area contributed by atoms with Crippen molar-refractivity contribution in [1.29, 1.82) is 0 Å². The van der Waals surface area contributed by atoms with Gasteiger partial charge in [0.15, 0.2) is 5.54 Å². The van der Waals surface area contributed by atoms with E-state index in [0.717, 1.165) is 4.90 Å². The van der Waals surface area contributed by atoms with Crippen molar-refractivity contribution in [2.24, 2.45) is 0 Å². The summed E-state index contributed by atoms with van der Waals surface area (Å²) in [6, 6.07) is 11.7. The molecule has 7 heteroatoms. The molecule has 124 valence electrons. The maximum absolute atomic E-state index is 12.7. The van der Waals surface area contributed by atoms with E-state index in [1.165, 1.54) is 0 Å². The molecule has 1 aliphatic rings. The Kier molecular flexibility index (Phi) is 4.40. The number of benzene rings is 1. The number of urea groups is 1. The van der Waals surface area contributed by atoms with E-state index in [-0.39, 0.29) is 19.1 Å². The quantitative estimate of drug-likeness (QED) is 0.845. The summed E-state index contributed by atoms with van der Waals surface area (Å²) in [6.07, 6.45) is 1.59. The van der Waals surface area contributed by atoms with Gasteiger partial charge in [0.2, 0.25) is 0 Å². The van der Waals surface area contributed by atoms with Gasteiger partial charge in [-0.1, -0.05) is 23.7 Å². The predicted octanol–water partition coefficient (Wildman–Crippen LogP) is 2.58. The zero-order valence-corrected chi connectivity index (χ0v) is 13.8. The Hall–Kier alpha value is -2.60. The molecule has 1 N–H and O–H groups in total. The number of nitrogens with zero attached hydrogens (tertiary/aromatic N) is 2. The molecule has 0 bridgehead atoms. The molecule has 1 atom stereocenters. The second-order valence-corrected chi connectivity index (χ2v) is 5.97. The summed E-state index contributed by atoms with van der Waals surface area (Å²) in [5, 5.41) is 3.26. The number of pyridine rings is 1. The highest BCUT2D eigenvalue weighted by molar-refractivity contribution is 6.30. The van der Waals surface area contributed by atoms with E-state index < -0.39 is 11.6 Å². The van der Waals surface area contributed by atoms with Crippen LogP contribution in [0.15, 0.2) is 48.7 Å². The van der Waals surface area contributed by atoms with E-state index >= 15 is 0 Å². The van der Waals surface area contributed by atoms with Crippen molar-refractivity contribution < 1.29 is 14.3 Å². The summed E-state index contributed by atoms with van der Waals surface area (Å²) in [5.74, 6) is 0.239. The Bertz CT molecular complexity index is 769. The molecule has 2 aromatic rings. The third kappa shape index (κ3) is 3.05. The molecule has 0 aliphatic carbocycles. The van der Waals surface area contributed by atoms with Gasteiger partial charge in [0.1, 0.15) is 12.4 Å². The minimum atomic E-state index is -1.16. The van der Waals surface area contributed by atoms with Crippen LogP contribution in [0.4, 0.5) is 4.79 Å². The molecular formula is C17H16ClN3O3. The van der Waals surface area contributed by atoms with Crippen LogP contribution < -0.4 is 10.1 Å². The number of ether oxygens (including phenoxy) is 1. The minimum absolute atomic E-state index is 0.138. The van der Waals surface area contributed by atoms with Gasteiger partial charge < -0.3 is 10.1 Å². The average molecular weight is 346 g/mol. The summed E-state index contributed by atoms with van der Waals surface area (Å²) in [6.45, 7) is 1.96.